The summed E-state index contributed by atoms with van der Waals surface area (Å²) in [6.07, 6.45) is 1.11. The van der Waals surface area contributed by atoms with Gasteiger partial charge in [0.1, 0.15) is 10.5 Å². The number of hydrogen-bond donors (Lipinski definition) is 2. The van der Waals surface area contributed by atoms with Gasteiger partial charge in [-0.05, 0) is 24.3 Å². The molecule has 0 saturated carbocycles. The van der Waals surface area contributed by atoms with Crippen molar-refractivity contribution in [1.82, 2.24) is 10.3 Å². The lowest BCUT2D eigenvalue weighted by atomic mass is 9.93. The molecule has 6 heteroatoms. The molecule has 0 aliphatic carbocycles. The van der Waals surface area contributed by atoms with Crippen molar-refractivity contribution in [3.8, 4) is 10.6 Å². The first-order chi connectivity index (χ1) is 9.61. The Morgan fingerprint density at radius 2 is 2.15 bits per heavy atom. The molecule has 0 fully saturated rings. The Morgan fingerprint density at radius 3 is 2.70 bits per heavy atom. The van der Waals surface area contributed by atoms with Crippen LogP contribution in [0, 0.1) is 0 Å². The van der Waals surface area contributed by atoms with Gasteiger partial charge in [-0.25, -0.2) is 4.98 Å². The van der Waals surface area contributed by atoms with Crippen LogP contribution in [0.5, 0.6) is 0 Å². The van der Waals surface area contributed by atoms with E-state index >= 15 is 0 Å². The third-order valence-corrected chi connectivity index (χ3v) is 5.17. The highest BCUT2D eigenvalue weighted by molar-refractivity contribution is 7.14. The SMILES string of the molecule is CCC(CC)(NCc1csc(-c2ccsc2)n1)C(=O)O. The van der Waals surface area contributed by atoms with Crippen molar-refractivity contribution >= 4 is 28.6 Å². The summed E-state index contributed by atoms with van der Waals surface area (Å²) in [5, 5.41) is 19.6. The molecule has 2 heterocycles. The van der Waals surface area contributed by atoms with Gasteiger partial charge in [0.05, 0.1) is 5.69 Å². The average molecular weight is 310 g/mol. The van der Waals surface area contributed by atoms with E-state index in [2.05, 4.69) is 15.7 Å². The summed E-state index contributed by atoms with van der Waals surface area (Å²) in [5.41, 5.74) is 1.16. The molecule has 0 unspecified atom stereocenters. The normalized spacial score (nSPS) is 11.7. The predicted molar refractivity (Wildman–Crippen MR) is 83.2 cm³/mol. The largest absolute Gasteiger partial charge is 0.480 e. The number of carboxylic acids is 1. The topological polar surface area (TPSA) is 62.2 Å². The number of rotatable bonds is 7. The first-order valence-corrected chi connectivity index (χ1v) is 8.39. The molecule has 0 aromatic carbocycles. The lowest BCUT2D eigenvalue weighted by Gasteiger charge is -2.27. The average Bonchev–Trinajstić information content (AvgIpc) is 3.11. The molecule has 4 nitrogen and oxygen atoms in total. The zero-order valence-corrected chi connectivity index (χ0v) is 13.2. The van der Waals surface area contributed by atoms with Crippen LogP contribution in [0.3, 0.4) is 0 Å². The van der Waals surface area contributed by atoms with Crippen LogP contribution in [-0.4, -0.2) is 21.6 Å². The van der Waals surface area contributed by atoms with Crippen LogP contribution in [0.4, 0.5) is 0 Å². The highest BCUT2D eigenvalue weighted by Gasteiger charge is 2.34. The van der Waals surface area contributed by atoms with Gasteiger partial charge in [0.2, 0.25) is 0 Å². The summed E-state index contributed by atoms with van der Waals surface area (Å²) in [4.78, 5) is 16.0. The molecular weight excluding hydrogens is 292 g/mol. The van der Waals surface area contributed by atoms with E-state index in [0.717, 1.165) is 16.3 Å². The predicted octanol–water partition coefficient (Wildman–Crippen LogP) is 3.60. The van der Waals surface area contributed by atoms with Crippen LogP contribution in [0.1, 0.15) is 32.4 Å². The smallest absolute Gasteiger partial charge is 0.323 e. The second-order valence-electron chi connectivity index (χ2n) is 4.60. The number of nitrogens with one attached hydrogen (secondary N) is 1. The van der Waals surface area contributed by atoms with Gasteiger partial charge in [-0.2, -0.15) is 11.3 Å². The van der Waals surface area contributed by atoms with E-state index in [1.54, 1.807) is 22.7 Å². The first-order valence-electron chi connectivity index (χ1n) is 6.56. The third-order valence-electron chi connectivity index (χ3n) is 3.54. The number of thiazole rings is 1. The molecule has 0 amide bonds. The number of carboxylic acid groups (broad SMARTS) is 1. The van der Waals surface area contributed by atoms with Gasteiger partial charge >= 0.3 is 5.97 Å². The van der Waals surface area contributed by atoms with Gasteiger partial charge in [0, 0.05) is 22.9 Å². The summed E-state index contributed by atoms with van der Waals surface area (Å²) >= 11 is 3.24. The zero-order valence-electron chi connectivity index (χ0n) is 11.5. The summed E-state index contributed by atoms with van der Waals surface area (Å²) in [7, 11) is 0. The molecule has 2 rings (SSSR count). The minimum Gasteiger partial charge on any atom is -0.480 e. The molecule has 2 N–H and O–H groups in total. The van der Waals surface area contributed by atoms with Crippen LogP contribution in [-0.2, 0) is 11.3 Å². The third kappa shape index (κ3) is 3.08. The van der Waals surface area contributed by atoms with Crippen LogP contribution in [0.15, 0.2) is 22.2 Å². The van der Waals surface area contributed by atoms with Crippen LogP contribution in [0.25, 0.3) is 10.6 Å². The minimum absolute atomic E-state index is 0.481. The second kappa shape index (κ2) is 6.47. The number of thiophene rings is 1. The summed E-state index contributed by atoms with van der Waals surface area (Å²) in [6.45, 7) is 4.26. The highest BCUT2D eigenvalue weighted by Crippen LogP contribution is 2.26. The Kier molecular flexibility index (Phi) is 4.91. The van der Waals surface area contributed by atoms with Gasteiger partial charge in [-0.15, -0.1) is 11.3 Å². The Bertz CT molecular complexity index is 560. The fourth-order valence-corrected chi connectivity index (χ4v) is 3.58. The van der Waals surface area contributed by atoms with Crippen molar-refractivity contribution in [1.29, 1.82) is 0 Å². The summed E-state index contributed by atoms with van der Waals surface area (Å²) in [5.74, 6) is -0.796. The van der Waals surface area contributed by atoms with Crippen molar-refractivity contribution in [2.24, 2.45) is 0 Å². The monoisotopic (exact) mass is 310 g/mol. The zero-order chi connectivity index (χ0) is 14.6. The Labute approximate surface area is 126 Å². The van der Waals surface area contributed by atoms with Gasteiger partial charge in [0.15, 0.2) is 0 Å². The van der Waals surface area contributed by atoms with Crippen molar-refractivity contribution < 1.29 is 9.90 Å². The lowest BCUT2D eigenvalue weighted by Crippen LogP contribution is -2.50. The maximum absolute atomic E-state index is 11.4. The molecule has 20 heavy (non-hydrogen) atoms. The van der Waals surface area contributed by atoms with E-state index in [1.807, 2.05) is 30.7 Å². The highest BCUT2D eigenvalue weighted by atomic mass is 32.1. The number of nitrogens with zero attached hydrogens (tertiary/aromatic N) is 1. The fourth-order valence-electron chi connectivity index (χ4n) is 2.04. The van der Waals surface area contributed by atoms with Crippen LogP contribution in [0.2, 0.25) is 0 Å². The standard InChI is InChI=1S/C14H18N2O2S2/c1-3-14(4-2,13(17)18)15-7-11-9-20-12(16-11)10-5-6-19-8-10/h5-6,8-9,15H,3-4,7H2,1-2H3,(H,17,18). The van der Waals surface area contributed by atoms with Crippen LogP contribution < -0.4 is 5.32 Å². The summed E-state index contributed by atoms with van der Waals surface area (Å²) in [6, 6.07) is 2.04. The van der Waals surface area contributed by atoms with Crippen molar-refractivity contribution in [2.45, 2.75) is 38.8 Å². The molecule has 0 radical (unpaired) electrons. The molecule has 0 atom stereocenters. The number of carbonyl (C=O) groups is 1. The quantitative estimate of drug-likeness (QED) is 0.820. The second-order valence-corrected chi connectivity index (χ2v) is 6.24. The van der Waals surface area contributed by atoms with Gasteiger partial charge < -0.3 is 5.11 Å². The molecule has 0 aliphatic heterocycles. The van der Waals surface area contributed by atoms with E-state index in [4.69, 9.17) is 0 Å². The Morgan fingerprint density at radius 1 is 1.40 bits per heavy atom. The number of hydrogen-bond acceptors (Lipinski definition) is 5. The molecule has 108 valence electrons. The van der Waals surface area contributed by atoms with Crippen molar-refractivity contribution in [3.63, 3.8) is 0 Å². The maximum Gasteiger partial charge on any atom is 0.323 e. The number of aliphatic carboxylic acids is 1. The fraction of sp³-hybridized carbons (Fsp3) is 0.429. The molecule has 0 aliphatic rings. The van der Waals surface area contributed by atoms with Gasteiger partial charge in [-0.3, -0.25) is 10.1 Å². The number of aromatic nitrogens is 1. The van der Waals surface area contributed by atoms with E-state index in [-0.39, 0.29) is 0 Å². The summed E-state index contributed by atoms with van der Waals surface area (Å²) < 4.78 is 0. The molecule has 2 aromatic heterocycles. The van der Waals surface area contributed by atoms with Crippen molar-refractivity contribution in [2.75, 3.05) is 0 Å². The Balaban J connectivity index is 2.06. The van der Waals surface area contributed by atoms with E-state index in [1.165, 1.54) is 0 Å². The van der Waals surface area contributed by atoms with E-state index in [0.29, 0.717) is 19.4 Å². The van der Waals surface area contributed by atoms with Crippen molar-refractivity contribution in [3.05, 3.63) is 27.9 Å². The van der Waals surface area contributed by atoms with Gasteiger partial charge in [0.25, 0.3) is 0 Å². The molecule has 0 bridgehead atoms. The molecule has 2 aromatic rings. The minimum atomic E-state index is -0.855. The first kappa shape index (κ1) is 15.2. The van der Waals surface area contributed by atoms with Gasteiger partial charge in [-0.1, -0.05) is 13.8 Å². The molecule has 0 spiro atoms. The van der Waals surface area contributed by atoms with E-state index in [9.17, 15) is 9.90 Å². The van der Waals surface area contributed by atoms with E-state index < -0.39 is 11.5 Å². The Hall–Kier alpha value is -1.24. The maximum atomic E-state index is 11.4. The lowest BCUT2D eigenvalue weighted by molar-refractivity contribution is -0.145. The molecule has 0 saturated heterocycles. The van der Waals surface area contributed by atoms with Crippen LogP contribution >= 0.6 is 22.7 Å². The molecular formula is C14H18N2O2S2.